The number of carbonyl (C=O) groups excluding carboxylic acids is 2. The van der Waals surface area contributed by atoms with E-state index in [1.54, 1.807) is 55.7 Å². The van der Waals surface area contributed by atoms with Crippen LogP contribution in [0.3, 0.4) is 0 Å². The fraction of sp³-hybridized carbons (Fsp3) is 0.367. The summed E-state index contributed by atoms with van der Waals surface area (Å²) in [4.78, 5) is 31.3. The first-order valence-electron chi connectivity index (χ1n) is 13.4. The summed E-state index contributed by atoms with van der Waals surface area (Å²) in [7, 11) is 3.20. The maximum absolute atomic E-state index is 13.8. The molecule has 2 aromatic carbocycles. The smallest absolute Gasteiger partial charge is 0.262 e. The third kappa shape index (κ3) is 6.35. The molecule has 1 atom stereocenters. The van der Waals surface area contributed by atoms with Gasteiger partial charge in [0.1, 0.15) is 29.8 Å². The predicted octanol–water partition coefficient (Wildman–Crippen LogP) is 3.45. The Hall–Kier alpha value is -4.15. The molecule has 2 amide bonds. The third-order valence-electron chi connectivity index (χ3n) is 7.20. The number of methoxy groups -OCH3 is 2. The number of benzene rings is 2. The normalized spacial score (nSPS) is 17.4. The fourth-order valence-corrected chi connectivity index (χ4v) is 4.89. The Balaban J connectivity index is 1.38. The van der Waals surface area contributed by atoms with Gasteiger partial charge in [-0.2, -0.15) is 5.10 Å². The lowest BCUT2D eigenvalue weighted by Crippen LogP contribution is -2.46. The van der Waals surface area contributed by atoms with Gasteiger partial charge in [0.25, 0.3) is 11.8 Å². The van der Waals surface area contributed by atoms with E-state index in [-0.39, 0.29) is 18.4 Å². The van der Waals surface area contributed by atoms with Gasteiger partial charge in [0.05, 0.1) is 39.4 Å². The molecule has 0 spiro atoms. The molecule has 0 aliphatic carbocycles. The van der Waals surface area contributed by atoms with Gasteiger partial charge < -0.3 is 23.5 Å². The molecule has 0 radical (unpaired) electrons. The molecule has 0 saturated carbocycles. The van der Waals surface area contributed by atoms with Crippen LogP contribution in [0.25, 0.3) is 0 Å². The molecule has 0 bridgehead atoms. The first kappa shape index (κ1) is 27.4. The maximum Gasteiger partial charge on any atom is 0.262 e. The van der Waals surface area contributed by atoms with Gasteiger partial charge in [0.2, 0.25) is 0 Å². The molecule has 40 heavy (non-hydrogen) atoms. The van der Waals surface area contributed by atoms with Gasteiger partial charge in [-0.3, -0.25) is 14.5 Å². The average Bonchev–Trinajstić information content (AvgIpc) is 3.70. The average molecular weight is 547 g/mol. The minimum absolute atomic E-state index is 0.119. The largest absolute Gasteiger partial charge is 0.497 e. The van der Waals surface area contributed by atoms with Crippen LogP contribution in [0.5, 0.6) is 11.5 Å². The second kappa shape index (κ2) is 12.8. The molecular weight excluding hydrogens is 512 g/mol. The van der Waals surface area contributed by atoms with Gasteiger partial charge in [-0.15, -0.1) is 0 Å². The summed E-state index contributed by atoms with van der Waals surface area (Å²) in [6.07, 6.45) is 2.08. The highest BCUT2D eigenvalue weighted by molar-refractivity contribution is 6.03. The Morgan fingerprint density at radius 1 is 0.975 bits per heavy atom. The Morgan fingerprint density at radius 3 is 2.27 bits per heavy atom. The van der Waals surface area contributed by atoms with Crippen molar-refractivity contribution in [3.63, 3.8) is 0 Å². The Morgan fingerprint density at radius 2 is 1.65 bits per heavy atom. The van der Waals surface area contributed by atoms with Crippen LogP contribution in [0, 0.1) is 0 Å². The molecule has 0 N–H and O–H groups in total. The van der Waals surface area contributed by atoms with E-state index in [0.29, 0.717) is 49.8 Å². The summed E-state index contributed by atoms with van der Waals surface area (Å²) in [6, 6.07) is 17.7. The van der Waals surface area contributed by atoms with Gasteiger partial charge >= 0.3 is 0 Å². The number of morpholine rings is 1. The van der Waals surface area contributed by atoms with Gasteiger partial charge in [-0.25, -0.2) is 5.01 Å². The molecule has 1 fully saturated rings. The lowest BCUT2D eigenvalue weighted by Gasteiger charge is -2.31. The Labute approximate surface area is 233 Å². The minimum Gasteiger partial charge on any atom is -0.497 e. The number of rotatable bonds is 10. The molecule has 0 unspecified atom stereocenters. The number of hydrogen-bond donors (Lipinski definition) is 0. The lowest BCUT2D eigenvalue weighted by molar-refractivity contribution is -0.134. The standard InChI is InChI=1S/C30H34N4O6/c1-37-24-9-5-22(6-10-24)26-20-27(28-4-3-17-40-28)34(31-26)29(35)21-33(14-13-32-15-18-39-19-16-32)30(36)23-7-11-25(38-2)12-8-23/h3-12,17,27H,13-16,18-21H2,1-2H3/t27-/m0/s1. The Kier molecular flexibility index (Phi) is 8.78. The van der Waals surface area contributed by atoms with Crippen LogP contribution in [0.4, 0.5) is 0 Å². The molecule has 10 nitrogen and oxygen atoms in total. The van der Waals surface area contributed by atoms with Crippen molar-refractivity contribution in [2.75, 3.05) is 60.2 Å². The fourth-order valence-electron chi connectivity index (χ4n) is 4.89. The third-order valence-corrected chi connectivity index (χ3v) is 7.20. The molecule has 10 heteroatoms. The summed E-state index contributed by atoms with van der Waals surface area (Å²) in [6.45, 7) is 3.82. The molecule has 2 aliphatic heterocycles. The van der Waals surface area contributed by atoms with Crippen molar-refractivity contribution >= 4 is 17.5 Å². The summed E-state index contributed by atoms with van der Waals surface area (Å²) < 4.78 is 21.7. The van der Waals surface area contributed by atoms with Gasteiger partial charge in [-0.05, 0) is 66.2 Å². The molecule has 3 aromatic rings. The number of hydrazone groups is 1. The number of furan rings is 1. The number of nitrogens with zero attached hydrogens (tertiary/aromatic N) is 4. The molecule has 210 valence electrons. The molecule has 1 aromatic heterocycles. The van der Waals surface area contributed by atoms with Crippen molar-refractivity contribution in [3.8, 4) is 11.5 Å². The zero-order valence-corrected chi connectivity index (χ0v) is 22.8. The number of hydrogen-bond acceptors (Lipinski definition) is 8. The van der Waals surface area contributed by atoms with E-state index in [1.165, 1.54) is 5.01 Å². The van der Waals surface area contributed by atoms with Crippen molar-refractivity contribution in [3.05, 3.63) is 83.8 Å². The van der Waals surface area contributed by atoms with E-state index < -0.39 is 6.04 Å². The SMILES string of the molecule is COc1ccc(C(=O)N(CCN2CCOCC2)CC(=O)N2N=C(c3ccc(OC)cc3)C[C@H]2c2ccco2)cc1. The monoisotopic (exact) mass is 546 g/mol. The summed E-state index contributed by atoms with van der Waals surface area (Å²) >= 11 is 0. The second-order valence-electron chi connectivity index (χ2n) is 9.66. The minimum atomic E-state index is -0.406. The highest BCUT2D eigenvalue weighted by atomic mass is 16.5. The van der Waals surface area contributed by atoms with E-state index in [2.05, 4.69) is 4.90 Å². The van der Waals surface area contributed by atoms with Crippen molar-refractivity contribution in [2.24, 2.45) is 5.10 Å². The van der Waals surface area contributed by atoms with Crippen molar-refractivity contribution in [1.29, 1.82) is 0 Å². The van der Waals surface area contributed by atoms with Crippen LogP contribution in [-0.2, 0) is 9.53 Å². The summed E-state index contributed by atoms with van der Waals surface area (Å²) in [5.41, 5.74) is 2.15. The number of carbonyl (C=O) groups is 2. The molecular formula is C30H34N4O6. The van der Waals surface area contributed by atoms with Crippen LogP contribution in [-0.4, -0.2) is 92.5 Å². The number of amides is 2. The van der Waals surface area contributed by atoms with Crippen molar-refractivity contribution in [2.45, 2.75) is 12.5 Å². The zero-order chi connectivity index (χ0) is 27.9. The van der Waals surface area contributed by atoms with Gasteiger partial charge in [0, 0.05) is 38.2 Å². The van der Waals surface area contributed by atoms with Crippen LogP contribution in [0.2, 0.25) is 0 Å². The van der Waals surface area contributed by atoms with E-state index in [4.69, 9.17) is 23.7 Å². The molecule has 1 saturated heterocycles. The second-order valence-corrected chi connectivity index (χ2v) is 9.66. The van der Waals surface area contributed by atoms with Crippen molar-refractivity contribution < 1.29 is 28.2 Å². The molecule has 3 heterocycles. The Bertz CT molecular complexity index is 1300. The quantitative estimate of drug-likeness (QED) is 0.384. The molecule has 5 rings (SSSR count). The first-order valence-corrected chi connectivity index (χ1v) is 13.4. The maximum atomic E-state index is 13.8. The van der Waals surface area contributed by atoms with E-state index in [0.717, 1.165) is 30.1 Å². The summed E-state index contributed by atoms with van der Waals surface area (Å²) in [5.74, 6) is 1.53. The van der Waals surface area contributed by atoms with E-state index >= 15 is 0 Å². The van der Waals surface area contributed by atoms with E-state index in [9.17, 15) is 9.59 Å². The lowest BCUT2D eigenvalue weighted by atomic mass is 10.0. The topological polar surface area (TPSA) is 97.1 Å². The van der Waals surface area contributed by atoms with Gasteiger partial charge in [-0.1, -0.05) is 0 Å². The highest BCUT2D eigenvalue weighted by Gasteiger charge is 2.36. The van der Waals surface area contributed by atoms with Crippen LogP contribution < -0.4 is 9.47 Å². The van der Waals surface area contributed by atoms with E-state index in [1.807, 2.05) is 30.3 Å². The number of ether oxygens (including phenoxy) is 3. The van der Waals surface area contributed by atoms with Crippen LogP contribution in [0.15, 0.2) is 76.4 Å². The van der Waals surface area contributed by atoms with Crippen molar-refractivity contribution in [1.82, 2.24) is 14.8 Å². The van der Waals surface area contributed by atoms with Gasteiger partial charge in [0.15, 0.2) is 0 Å². The first-order chi connectivity index (χ1) is 19.6. The summed E-state index contributed by atoms with van der Waals surface area (Å²) in [5, 5.41) is 6.19. The zero-order valence-electron chi connectivity index (χ0n) is 22.8. The highest BCUT2D eigenvalue weighted by Crippen LogP contribution is 2.33. The predicted molar refractivity (Wildman–Crippen MR) is 149 cm³/mol. The van der Waals surface area contributed by atoms with Crippen LogP contribution in [0.1, 0.15) is 34.1 Å². The molecule has 2 aliphatic rings. The van der Waals surface area contributed by atoms with Crippen LogP contribution >= 0.6 is 0 Å².